The molecule has 0 N–H and O–H groups in total. The van der Waals surface area contributed by atoms with E-state index < -0.39 is 0 Å². The van der Waals surface area contributed by atoms with Crippen LogP contribution in [0.15, 0.2) is 53.5 Å². The monoisotopic (exact) mass is 373 g/mol. The minimum Gasteiger partial charge on any atom is -0.497 e. The average Bonchev–Trinajstić information content (AvgIpc) is 2.99. The molecule has 0 saturated carbocycles. The molecule has 5 heteroatoms. The van der Waals surface area contributed by atoms with Crippen LogP contribution in [0, 0.1) is 0 Å². The molecule has 2 heterocycles. The van der Waals surface area contributed by atoms with Crippen molar-refractivity contribution in [2.45, 2.75) is 6.54 Å². The summed E-state index contributed by atoms with van der Waals surface area (Å²) in [6.07, 6.45) is 0. The molecule has 120 valence electrons. The molecule has 1 fully saturated rings. The van der Waals surface area contributed by atoms with Crippen molar-refractivity contribution in [1.29, 1.82) is 0 Å². The Kier molecular flexibility index (Phi) is 4.57. The van der Waals surface area contributed by atoms with E-state index in [0.29, 0.717) is 0 Å². The summed E-state index contributed by atoms with van der Waals surface area (Å²) in [6.45, 7) is 3.78. The predicted octanol–water partition coefficient (Wildman–Crippen LogP) is 1.75. The zero-order chi connectivity index (χ0) is 14.9. The van der Waals surface area contributed by atoms with Crippen LogP contribution in [0.25, 0.3) is 5.82 Å². The Labute approximate surface area is 146 Å². The first-order valence-corrected chi connectivity index (χ1v) is 7.62. The van der Waals surface area contributed by atoms with Crippen molar-refractivity contribution in [1.82, 2.24) is 9.80 Å². The molecule has 0 spiro atoms. The van der Waals surface area contributed by atoms with Crippen LogP contribution in [0.5, 0.6) is 5.75 Å². The Morgan fingerprint density at radius 1 is 1.04 bits per heavy atom. The lowest BCUT2D eigenvalue weighted by Crippen LogP contribution is -2.41. The molecule has 0 atom stereocenters. The first kappa shape index (κ1) is 15.9. The van der Waals surface area contributed by atoms with E-state index in [-0.39, 0.29) is 17.0 Å². The van der Waals surface area contributed by atoms with Crippen molar-refractivity contribution < 1.29 is 4.74 Å². The van der Waals surface area contributed by atoms with E-state index in [0.717, 1.165) is 37.4 Å². The van der Waals surface area contributed by atoms with Crippen LogP contribution in [-0.4, -0.2) is 36.7 Å². The van der Waals surface area contributed by atoms with Crippen LogP contribution in [0.1, 0.15) is 5.56 Å². The summed E-state index contributed by atoms with van der Waals surface area (Å²) in [5.74, 6) is 2.22. The van der Waals surface area contributed by atoms with Gasteiger partial charge in [-0.2, -0.15) is 0 Å². The van der Waals surface area contributed by atoms with E-state index in [1.165, 1.54) is 16.6 Å². The summed E-state index contributed by atoms with van der Waals surface area (Å²) < 4.78 is 5.23. The average molecular weight is 374 g/mol. The van der Waals surface area contributed by atoms with Crippen LogP contribution in [0.4, 0.5) is 0 Å². The minimum absolute atomic E-state index is 0. The van der Waals surface area contributed by atoms with Crippen LogP contribution in [0.3, 0.4) is 0 Å². The topological polar surface area (TPSA) is 28.1 Å². The van der Waals surface area contributed by atoms with E-state index in [1.54, 1.807) is 7.11 Å². The third kappa shape index (κ3) is 2.93. The van der Waals surface area contributed by atoms with Gasteiger partial charge in [-0.15, -0.1) is 17.0 Å². The number of halogens is 1. The lowest BCUT2D eigenvalue weighted by atomic mass is 10.2. The number of hydrogen-bond acceptors (Lipinski definition) is 4. The van der Waals surface area contributed by atoms with Gasteiger partial charge in [-0.1, -0.05) is 24.3 Å². The van der Waals surface area contributed by atoms with Gasteiger partial charge in [0.25, 0.3) is 0 Å². The number of para-hydroxylation sites is 1. The molecule has 4 nitrogen and oxygen atoms in total. The highest BCUT2D eigenvalue weighted by Gasteiger charge is 2.27. The molecule has 0 aromatic heterocycles. The summed E-state index contributed by atoms with van der Waals surface area (Å²) in [5, 5.41) is 2.36. The molecule has 2 aromatic rings. The van der Waals surface area contributed by atoms with Crippen LogP contribution < -0.4 is 15.3 Å². The number of nitrogens with zero attached hydrogens (tertiary/aromatic N) is 3. The smallest absolute Gasteiger partial charge is 0.118 e. The molecular formula is C18H20BrN3O. The van der Waals surface area contributed by atoms with Crippen LogP contribution in [-0.2, 0) is 6.54 Å². The predicted molar refractivity (Wildman–Crippen MR) is 95.9 cm³/mol. The fourth-order valence-electron chi connectivity index (χ4n) is 3.20. The van der Waals surface area contributed by atoms with Crippen molar-refractivity contribution in [2.24, 2.45) is 4.99 Å². The van der Waals surface area contributed by atoms with Crippen molar-refractivity contribution in [3.8, 4) is 5.75 Å². The first-order chi connectivity index (χ1) is 10.8. The first-order valence-electron chi connectivity index (χ1n) is 7.62. The van der Waals surface area contributed by atoms with Gasteiger partial charge >= 0.3 is 0 Å². The Morgan fingerprint density at radius 2 is 1.83 bits per heavy atom. The van der Waals surface area contributed by atoms with E-state index in [4.69, 9.17) is 4.74 Å². The van der Waals surface area contributed by atoms with Gasteiger partial charge in [0, 0.05) is 24.9 Å². The van der Waals surface area contributed by atoms with E-state index in [9.17, 15) is 0 Å². The zero-order valence-electron chi connectivity index (χ0n) is 13.1. The molecule has 23 heavy (non-hydrogen) atoms. The molecule has 1 saturated heterocycles. The summed E-state index contributed by atoms with van der Waals surface area (Å²) in [7, 11) is 1.70. The normalized spacial score (nSPS) is 15.4. The minimum atomic E-state index is 0. The number of ether oxygens (including phenoxy) is 1. The summed E-state index contributed by atoms with van der Waals surface area (Å²) in [6, 6.07) is 16.8. The Balaban J connectivity index is 0.00000156. The fourth-order valence-corrected chi connectivity index (χ4v) is 3.20. The van der Waals surface area contributed by atoms with E-state index >= 15 is 0 Å². The van der Waals surface area contributed by atoms with Gasteiger partial charge in [-0.3, -0.25) is 4.99 Å². The highest BCUT2D eigenvalue weighted by Crippen LogP contribution is 2.22. The van der Waals surface area contributed by atoms with Gasteiger partial charge in [0.05, 0.1) is 12.5 Å². The quantitative estimate of drug-likeness (QED) is 0.820. The maximum Gasteiger partial charge on any atom is 0.118 e. The summed E-state index contributed by atoms with van der Waals surface area (Å²) >= 11 is 0. The van der Waals surface area contributed by atoms with Gasteiger partial charge in [0.15, 0.2) is 0 Å². The number of hydrogen-bond donors (Lipinski definition) is 0. The summed E-state index contributed by atoms with van der Waals surface area (Å²) in [4.78, 5) is 9.48. The van der Waals surface area contributed by atoms with Gasteiger partial charge < -0.3 is 14.5 Å². The molecule has 0 unspecified atom stereocenters. The molecular weight excluding hydrogens is 354 g/mol. The summed E-state index contributed by atoms with van der Waals surface area (Å²) in [5.41, 5.74) is 1.30. The molecule has 0 bridgehead atoms. The Bertz CT molecular complexity index is 804. The second-order valence-electron chi connectivity index (χ2n) is 5.67. The second-order valence-corrected chi connectivity index (χ2v) is 5.67. The lowest BCUT2D eigenvalue weighted by molar-refractivity contribution is 0.405. The molecule has 2 aliphatic heterocycles. The Hall–Kier alpha value is -2.01. The maximum atomic E-state index is 5.23. The molecule has 0 radical (unpaired) electrons. The van der Waals surface area contributed by atoms with Crippen molar-refractivity contribution in [2.75, 3.05) is 26.9 Å². The van der Waals surface area contributed by atoms with Crippen molar-refractivity contribution >= 4 is 22.8 Å². The van der Waals surface area contributed by atoms with Gasteiger partial charge in [0.2, 0.25) is 0 Å². The fraction of sp³-hybridized carbons (Fsp3) is 0.278. The molecule has 2 aromatic carbocycles. The zero-order valence-corrected chi connectivity index (χ0v) is 14.8. The Morgan fingerprint density at radius 3 is 2.61 bits per heavy atom. The van der Waals surface area contributed by atoms with Gasteiger partial charge in [-0.25, -0.2) is 0 Å². The van der Waals surface area contributed by atoms with Gasteiger partial charge in [0.1, 0.15) is 18.2 Å². The number of fused-ring (bicyclic) bond motifs is 2. The molecule has 0 amide bonds. The SMILES string of the molecule is Br.COc1ccc(CN2CCN3CN=c4ccccc4=C32)cc1. The standard InChI is InChI=1S/C18H19N3O.BrH/c1-22-15-8-6-14(7-9-15)12-20-10-11-21-13-19-17-5-3-2-4-16(17)18(20)21;/h2-9H,10-13H2,1H3;1H. The maximum absolute atomic E-state index is 5.23. The number of benzene rings is 2. The highest BCUT2D eigenvalue weighted by molar-refractivity contribution is 8.93. The largest absolute Gasteiger partial charge is 0.497 e. The molecule has 0 aliphatic carbocycles. The van der Waals surface area contributed by atoms with Crippen molar-refractivity contribution in [3.63, 3.8) is 0 Å². The van der Waals surface area contributed by atoms with Gasteiger partial charge in [-0.05, 0) is 29.8 Å². The third-order valence-corrected chi connectivity index (χ3v) is 4.33. The highest BCUT2D eigenvalue weighted by atomic mass is 79.9. The van der Waals surface area contributed by atoms with Crippen LogP contribution in [0.2, 0.25) is 0 Å². The van der Waals surface area contributed by atoms with Crippen molar-refractivity contribution in [3.05, 3.63) is 64.7 Å². The molecule has 2 aliphatic rings. The van der Waals surface area contributed by atoms with E-state index in [1.807, 2.05) is 12.1 Å². The number of methoxy groups -OCH3 is 1. The number of rotatable bonds is 3. The van der Waals surface area contributed by atoms with Crippen LogP contribution >= 0.6 is 17.0 Å². The molecule has 4 rings (SSSR count). The van der Waals surface area contributed by atoms with E-state index in [2.05, 4.69) is 51.2 Å². The lowest BCUT2D eigenvalue weighted by Gasteiger charge is -2.26. The second kappa shape index (κ2) is 6.62. The third-order valence-electron chi connectivity index (χ3n) is 4.33.